The third-order valence-electron chi connectivity index (χ3n) is 3.63. The molecule has 0 bridgehead atoms. The average molecular weight is 355 g/mol. The highest BCUT2D eigenvalue weighted by molar-refractivity contribution is 7.90. The molecule has 1 aromatic carbocycles. The Morgan fingerprint density at radius 3 is 2.82 bits per heavy atom. The highest BCUT2D eigenvalue weighted by Gasteiger charge is 2.24. The van der Waals surface area contributed by atoms with Gasteiger partial charge in [0.1, 0.15) is 4.83 Å². The maximum atomic E-state index is 13.0. The van der Waals surface area contributed by atoms with Crippen molar-refractivity contribution in [3.05, 3.63) is 52.0 Å². The van der Waals surface area contributed by atoms with Gasteiger partial charge in [0.2, 0.25) is 0 Å². The van der Waals surface area contributed by atoms with Crippen LogP contribution in [-0.4, -0.2) is 18.9 Å². The minimum atomic E-state index is -3.68. The van der Waals surface area contributed by atoms with Crippen molar-refractivity contribution < 1.29 is 8.42 Å². The minimum absolute atomic E-state index is 0.226. The van der Waals surface area contributed by atoms with E-state index in [1.54, 1.807) is 31.3 Å². The molecule has 0 aliphatic carbocycles. The van der Waals surface area contributed by atoms with E-state index in [2.05, 4.69) is 0 Å². The first-order valence-electron chi connectivity index (χ1n) is 6.75. The van der Waals surface area contributed by atoms with Crippen molar-refractivity contribution in [1.29, 1.82) is 0 Å². The van der Waals surface area contributed by atoms with Crippen LogP contribution in [0.5, 0.6) is 0 Å². The monoisotopic (exact) mass is 354 g/mol. The number of halogens is 1. The van der Waals surface area contributed by atoms with Gasteiger partial charge < -0.3 is 5.73 Å². The van der Waals surface area contributed by atoms with E-state index in [9.17, 15) is 8.42 Å². The number of benzene rings is 1. The lowest BCUT2D eigenvalue weighted by Gasteiger charge is -2.10. The van der Waals surface area contributed by atoms with Crippen molar-refractivity contribution in [2.24, 2.45) is 5.73 Å². The molecule has 4 nitrogen and oxygen atoms in total. The summed E-state index contributed by atoms with van der Waals surface area (Å²) in [6, 6.07) is 6.85. The van der Waals surface area contributed by atoms with Crippen LogP contribution in [0.2, 0.25) is 5.02 Å². The maximum absolute atomic E-state index is 13.0. The van der Waals surface area contributed by atoms with Gasteiger partial charge in [0.15, 0.2) is 0 Å². The molecule has 7 heteroatoms. The first-order valence-corrected chi connectivity index (χ1v) is 9.44. The van der Waals surface area contributed by atoms with Crippen molar-refractivity contribution >= 4 is 43.2 Å². The van der Waals surface area contributed by atoms with Crippen molar-refractivity contribution in [3.8, 4) is 0 Å². The Morgan fingerprint density at radius 1 is 1.32 bits per heavy atom. The molecule has 0 unspecified atom stereocenters. The maximum Gasteiger partial charge on any atom is 0.269 e. The Morgan fingerprint density at radius 2 is 2.09 bits per heavy atom. The average Bonchev–Trinajstić information content (AvgIpc) is 3.05. The number of nitrogens with zero attached hydrogens (tertiary/aromatic N) is 1. The summed E-state index contributed by atoms with van der Waals surface area (Å²) in [7, 11) is -3.68. The molecule has 0 radical (unpaired) electrons. The molecular formula is C15H15ClN2O2S2. The summed E-state index contributed by atoms with van der Waals surface area (Å²) in [4.78, 5) is 0.937. The zero-order valence-electron chi connectivity index (χ0n) is 11.9. The van der Waals surface area contributed by atoms with Gasteiger partial charge in [-0.2, -0.15) is 0 Å². The van der Waals surface area contributed by atoms with Gasteiger partial charge in [0.25, 0.3) is 10.0 Å². The summed E-state index contributed by atoms with van der Waals surface area (Å²) in [5.74, 6) is 0. The molecular weight excluding hydrogens is 340 g/mol. The Bertz CT molecular complexity index is 942. The molecule has 0 aliphatic rings. The predicted molar refractivity (Wildman–Crippen MR) is 91.3 cm³/mol. The van der Waals surface area contributed by atoms with Crippen LogP contribution in [0.15, 0.2) is 40.7 Å². The number of nitrogens with two attached hydrogens (primary N) is 1. The lowest BCUT2D eigenvalue weighted by Crippen LogP contribution is -2.13. The molecule has 0 saturated carbocycles. The number of hydrogen-bond acceptors (Lipinski definition) is 4. The normalized spacial score (nSPS) is 12.1. The molecule has 0 aliphatic heterocycles. The van der Waals surface area contributed by atoms with Crippen molar-refractivity contribution in [3.63, 3.8) is 0 Å². The number of fused-ring (bicyclic) bond motifs is 1. The van der Waals surface area contributed by atoms with Crippen LogP contribution >= 0.6 is 22.9 Å². The van der Waals surface area contributed by atoms with Gasteiger partial charge in [-0.25, -0.2) is 12.4 Å². The fraction of sp³-hybridized carbons (Fsp3) is 0.200. The molecule has 2 heterocycles. The third kappa shape index (κ3) is 2.36. The van der Waals surface area contributed by atoms with Crippen LogP contribution in [0.1, 0.15) is 11.1 Å². The van der Waals surface area contributed by atoms with Crippen LogP contribution < -0.4 is 5.73 Å². The first-order chi connectivity index (χ1) is 10.5. The molecule has 0 amide bonds. The number of thiophene rings is 1. The van der Waals surface area contributed by atoms with Gasteiger partial charge in [0, 0.05) is 16.6 Å². The summed E-state index contributed by atoms with van der Waals surface area (Å²) in [5, 5.41) is 3.28. The standard InChI is InChI=1S/C15H15ClN2O2S2/c1-10-13(16)3-2-4-14(10)22(19,20)18-9-11(5-7-17)12-6-8-21-15(12)18/h2-4,6,8-9H,5,7,17H2,1H3. The molecule has 3 aromatic rings. The van der Waals surface area contributed by atoms with Gasteiger partial charge in [-0.3, -0.25) is 0 Å². The zero-order valence-corrected chi connectivity index (χ0v) is 14.3. The van der Waals surface area contributed by atoms with Crippen LogP contribution in [0.4, 0.5) is 0 Å². The molecule has 2 N–H and O–H groups in total. The number of aromatic nitrogens is 1. The van der Waals surface area contributed by atoms with E-state index in [4.69, 9.17) is 17.3 Å². The van der Waals surface area contributed by atoms with Crippen LogP contribution in [-0.2, 0) is 16.4 Å². The first kappa shape index (κ1) is 15.6. The van der Waals surface area contributed by atoms with E-state index in [-0.39, 0.29) is 4.90 Å². The second kappa shape index (κ2) is 5.70. The van der Waals surface area contributed by atoms with Crippen LogP contribution in [0.3, 0.4) is 0 Å². The second-order valence-corrected chi connectivity index (χ2v) is 8.08. The molecule has 0 atom stereocenters. The molecule has 2 aromatic heterocycles. The van der Waals surface area contributed by atoms with Gasteiger partial charge >= 0.3 is 0 Å². The van der Waals surface area contributed by atoms with E-state index in [1.807, 2.05) is 11.4 Å². The highest BCUT2D eigenvalue weighted by atomic mass is 35.5. The van der Waals surface area contributed by atoms with Gasteiger partial charge in [0.05, 0.1) is 4.90 Å². The quantitative estimate of drug-likeness (QED) is 0.780. The molecule has 0 spiro atoms. The number of hydrogen-bond donors (Lipinski definition) is 1. The second-order valence-electron chi connectivity index (χ2n) is 5.00. The van der Waals surface area contributed by atoms with E-state index in [0.717, 1.165) is 10.9 Å². The predicted octanol–water partition coefficient (Wildman–Crippen LogP) is 3.40. The fourth-order valence-corrected chi connectivity index (χ4v) is 5.50. The van der Waals surface area contributed by atoms with Gasteiger partial charge in [-0.05, 0) is 54.6 Å². The summed E-state index contributed by atoms with van der Waals surface area (Å²) < 4.78 is 27.4. The van der Waals surface area contributed by atoms with E-state index < -0.39 is 10.0 Å². The van der Waals surface area contributed by atoms with E-state index in [1.165, 1.54) is 15.3 Å². The summed E-state index contributed by atoms with van der Waals surface area (Å²) in [5.41, 5.74) is 7.13. The summed E-state index contributed by atoms with van der Waals surface area (Å²) in [6.07, 6.45) is 2.31. The van der Waals surface area contributed by atoms with Crippen molar-refractivity contribution in [2.45, 2.75) is 18.2 Å². The highest BCUT2D eigenvalue weighted by Crippen LogP contribution is 2.32. The lowest BCUT2D eigenvalue weighted by molar-refractivity contribution is 0.588. The van der Waals surface area contributed by atoms with Gasteiger partial charge in [-0.15, -0.1) is 11.3 Å². The van der Waals surface area contributed by atoms with Crippen molar-refractivity contribution in [2.75, 3.05) is 6.54 Å². The third-order valence-corrected chi connectivity index (χ3v) is 6.87. The van der Waals surface area contributed by atoms with Crippen LogP contribution in [0, 0.1) is 6.92 Å². The molecule has 0 fully saturated rings. The molecule has 0 saturated heterocycles. The van der Waals surface area contributed by atoms with E-state index >= 15 is 0 Å². The molecule has 3 rings (SSSR count). The lowest BCUT2D eigenvalue weighted by atomic mass is 10.2. The van der Waals surface area contributed by atoms with Crippen molar-refractivity contribution in [1.82, 2.24) is 3.97 Å². The fourth-order valence-electron chi connectivity index (χ4n) is 2.49. The largest absolute Gasteiger partial charge is 0.330 e. The topological polar surface area (TPSA) is 65.1 Å². The SMILES string of the molecule is Cc1c(Cl)cccc1S(=O)(=O)n1cc(CCN)c2ccsc21. The summed E-state index contributed by atoms with van der Waals surface area (Å²) >= 11 is 7.47. The van der Waals surface area contributed by atoms with Gasteiger partial charge in [-0.1, -0.05) is 17.7 Å². The Labute approximate surface area is 138 Å². The molecule has 22 heavy (non-hydrogen) atoms. The Kier molecular flexibility index (Phi) is 4.03. The Hall–Kier alpha value is -1.34. The zero-order chi connectivity index (χ0) is 15.9. The number of rotatable bonds is 4. The van der Waals surface area contributed by atoms with Crippen LogP contribution in [0.25, 0.3) is 10.2 Å². The smallest absolute Gasteiger partial charge is 0.269 e. The minimum Gasteiger partial charge on any atom is -0.330 e. The summed E-state index contributed by atoms with van der Waals surface area (Å²) in [6.45, 7) is 2.19. The Balaban J connectivity index is 2.26. The molecule has 116 valence electrons. The van der Waals surface area contributed by atoms with E-state index in [0.29, 0.717) is 28.4 Å².